The van der Waals surface area contributed by atoms with Gasteiger partial charge in [0.2, 0.25) is 0 Å². The molecule has 3 aliphatic heterocycles. The largest absolute Gasteiger partial charge is 0.374 e. The predicted octanol–water partition coefficient (Wildman–Crippen LogP) is 8.62. The van der Waals surface area contributed by atoms with Crippen LogP contribution in [0.1, 0.15) is 72.4 Å². The van der Waals surface area contributed by atoms with E-state index in [0.29, 0.717) is 38.1 Å². The van der Waals surface area contributed by atoms with Crippen LogP contribution in [0.5, 0.6) is 0 Å². The highest BCUT2D eigenvalue weighted by Crippen LogP contribution is 2.42. The van der Waals surface area contributed by atoms with Gasteiger partial charge in [-0.05, 0) is 47.3 Å². The molecule has 0 N–H and O–H groups in total. The fourth-order valence-corrected chi connectivity index (χ4v) is 7.97. The summed E-state index contributed by atoms with van der Waals surface area (Å²) in [6, 6.07) is 19.3. The number of azide groups is 1. The topological polar surface area (TPSA) is 123 Å². The van der Waals surface area contributed by atoms with Crippen molar-refractivity contribution in [2.75, 3.05) is 13.2 Å². The van der Waals surface area contributed by atoms with Crippen LogP contribution in [0, 0.1) is 29.6 Å². The Bertz CT molecular complexity index is 1430. The highest BCUT2D eigenvalue weighted by atomic mass is 16.7. The van der Waals surface area contributed by atoms with E-state index < -0.39 is 43.2 Å². The van der Waals surface area contributed by atoms with Crippen molar-refractivity contribution in [3.63, 3.8) is 0 Å². The molecule has 15 atom stereocenters. The van der Waals surface area contributed by atoms with Gasteiger partial charge >= 0.3 is 0 Å². The Morgan fingerprint density at radius 3 is 1.89 bits per heavy atom. The molecule has 5 rings (SSSR count). The van der Waals surface area contributed by atoms with E-state index in [4.69, 9.17) is 37.9 Å². The van der Waals surface area contributed by atoms with Crippen LogP contribution in [0.25, 0.3) is 10.4 Å². The fraction of sp³-hybridized carbons (Fsp3) is 0.667. The minimum absolute atomic E-state index is 0.108. The predicted molar refractivity (Wildman–Crippen MR) is 202 cm³/mol. The van der Waals surface area contributed by atoms with Gasteiger partial charge in [-0.2, -0.15) is 0 Å². The summed E-state index contributed by atoms with van der Waals surface area (Å²) in [6.45, 7) is 20.1. The van der Waals surface area contributed by atoms with Crippen molar-refractivity contribution in [2.24, 2.45) is 34.7 Å². The lowest BCUT2D eigenvalue weighted by molar-refractivity contribution is -0.350. The second kappa shape index (κ2) is 20.2. The second-order valence-electron chi connectivity index (χ2n) is 15.0. The molecule has 0 aromatic heterocycles. The van der Waals surface area contributed by atoms with E-state index in [0.717, 1.165) is 17.5 Å². The Balaban J connectivity index is 1.42. The molecule has 292 valence electrons. The molecule has 3 fully saturated rings. The van der Waals surface area contributed by atoms with Crippen molar-refractivity contribution in [2.45, 2.75) is 136 Å². The van der Waals surface area contributed by atoms with E-state index in [9.17, 15) is 5.53 Å². The third-order valence-electron chi connectivity index (χ3n) is 11.6. The highest BCUT2D eigenvalue weighted by molar-refractivity contribution is 5.14. The molecule has 53 heavy (non-hydrogen) atoms. The summed E-state index contributed by atoms with van der Waals surface area (Å²) >= 11 is 0. The second-order valence-corrected chi connectivity index (χ2v) is 15.0. The van der Waals surface area contributed by atoms with Gasteiger partial charge < -0.3 is 37.9 Å². The van der Waals surface area contributed by atoms with Gasteiger partial charge in [-0.25, -0.2) is 0 Å². The van der Waals surface area contributed by atoms with Crippen molar-refractivity contribution in [1.82, 2.24) is 0 Å². The first-order valence-corrected chi connectivity index (χ1v) is 19.5. The Morgan fingerprint density at radius 1 is 0.660 bits per heavy atom. The molecule has 3 aliphatic rings. The first-order valence-electron chi connectivity index (χ1n) is 19.5. The number of rotatable bonds is 17. The van der Waals surface area contributed by atoms with E-state index in [1.165, 1.54) is 0 Å². The van der Waals surface area contributed by atoms with Crippen LogP contribution in [0.3, 0.4) is 0 Å². The lowest BCUT2D eigenvalue weighted by Gasteiger charge is -2.50. The molecule has 0 spiro atoms. The monoisotopic (exact) mass is 735 g/mol. The van der Waals surface area contributed by atoms with Crippen LogP contribution in [0.2, 0.25) is 0 Å². The third kappa shape index (κ3) is 10.3. The standard InChI is InChI=1S/C42H61N3O8/c1-9-22-47-40-30(8)38(48-24-32-20-16-13-17-21-32)39(35(51-40)25-46-23-31-18-14-12-15-19-31)53-42-36(44-45-43)29(7)37(34(11-3)50-42)52-41-28(6)26(4)27(5)33(10-2)49-41/h9,12-21,26-30,33-42H,1,10-11,22-25H2,2-8H3/t26-,27-,28?,29+,30?,33?,34?,35?,36?,37-,38+,39+,40+,41-,42-/m0/s1. The molecule has 6 unspecified atom stereocenters. The SMILES string of the molecule is C=CCO[C@@H]1OC(COCc2ccccc2)[C@@H](O[C@@H]2OC(CC)[C@@H](O[C@@H]3OC(CC)[C@@H](C)[C@H](C)C3C)[C@H](C)C2N=[N+]=[N-])[C@H](OCc2ccccc2)C1C. The summed E-state index contributed by atoms with van der Waals surface area (Å²) in [6.07, 6.45) is -0.994. The Labute approximate surface area is 316 Å². The Morgan fingerprint density at radius 2 is 1.26 bits per heavy atom. The van der Waals surface area contributed by atoms with Gasteiger partial charge in [0.25, 0.3) is 0 Å². The van der Waals surface area contributed by atoms with Crippen molar-refractivity contribution in [1.29, 1.82) is 0 Å². The molecule has 3 heterocycles. The fourth-order valence-electron chi connectivity index (χ4n) is 7.97. The minimum Gasteiger partial charge on any atom is -0.374 e. The molecule has 3 saturated heterocycles. The zero-order valence-electron chi connectivity index (χ0n) is 32.6. The van der Waals surface area contributed by atoms with Gasteiger partial charge in [0.1, 0.15) is 12.2 Å². The van der Waals surface area contributed by atoms with Gasteiger partial charge in [-0.3, -0.25) is 0 Å². The first-order chi connectivity index (χ1) is 25.7. The molecular weight excluding hydrogens is 674 g/mol. The van der Waals surface area contributed by atoms with Crippen molar-refractivity contribution in [3.8, 4) is 0 Å². The molecule has 0 amide bonds. The number of benzene rings is 2. The highest BCUT2D eigenvalue weighted by Gasteiger charge is 2.52. The maximum atomic E-state index is 9.85. The van der Waals surface area contributed by atoms with E-state index in [-0.39, 0.29) is 42.7 Å². The van der Waals surface area contributed by atoms with Crippen LogP contribution < -0.4 is 0 Å². The van der Waals surface area contributed by atoms with Gasteiger partial charge in [-0.15, -0.1) is 6.58 Å². The smallest absolute Gasteiger partial charge is 0.167 e. The van der Waals surface area contributed by atoms with Crippen molar-refractivity contribution >= 4 is 0 Å². The zero-order chi connectivity index (χ0) is 37.9. The van der Waals surface area contributed by atoms with Crippen LogP contribution in [-0.2, 0) is 51.1 Å². The molecule has 2 aromatic carbocycles. The summed E-state index contributed by atoms with van der Waals surface area (Å²) in [5.41, 5.74) is 11.9. The Kier molecular flexibility index (Phi) is 15.7. The number of ether oxygens (including phenoxy) is 8. The molecule has 0 saturated carbocycles. The number of nitrogens with zero attached hydrogens (tertiary/aromatic N) is 3. The first kappa shape index (κ1) is 41.3. The van der Waals surface area contributed by atoms with Gasteiger partial charge in [0.15, 0.2) is 18.9 Å². The molecule has 2 aromatic rings. The summed E-state index contributed by atoms with van der Waals surface area (Å²) in [7, 11) is 0. The zero-order valence-corrected chi connectivity index (χ0v) is 32.6. The average Bonchev–Trinajstić information content (AvgIpc) is 3.18. The normalized spacial score (nSPS) is 37.5. The van der Waals surface area contributed by atoms with Crippen LogP contribution in [0.15, 0.2) is 78.4 Å². The summed E-state index contributed by atoms with van der Waals surface area (Å²) in [5, 5.41) is 4.28. The molecule has 0 radical (unpaired) electrons. The maximum absolute atomic E-state index is 9.85. The number of hydrogen-bond acceptors (Lipinski definition) is 9. The molecule has 11 nitrogen and oxygen atoms in total. The minimum atomic E-state index is -0.899. The number of hydrogen-bond donors (Lipinski definition) is 0. The van der Waals surface area contributed by atoms with E-state index >= 15 is 0 Å². The van der Waals surface area contributed by atoms with Crippen LogP contribution in [-0.4, -0.2) is 74.7 Å². The summed E-state index contributed by atoms with van der Waals surface area (Å²) in [5.74, 6) is 0.535. The summed E-state index contributed by atoms with van der Waals surface area (Å²) in [4.78, 5) is 3.27. The van der Waals surface area contributed by atoms with E-state index in [1.807, 2.05) is 74.5 Å². The van der Waals surface area contributed by atoms with Crippen LogP contribution >= 0.6 is 0 Å². The van der Waals surface area contributed by atoms with E-state index in [1.54, 1.807) is 6.08 Å². The maximum Gasteiger partial charge on any atom is 0.167 e. The van der Waals surface area contributed by atoms with Gasteiger partial charge in [-0.1, -0.05) is 120 Å². The molecular formula is C42H61N3O8. The van der Waals surface area contributed by atoms with E-state index in [2.05, 4.69) is 51.2 Å². The van der Waals surface area contributed by atoms with Gasteiger partial charge in [0.05, 0.1) is 56.9 Å². The Hall–Kier alpha value is -2.83. The summed E-state index contributed by atoms with van der Waals surface area (Å²) < 4.78 is 52.9. The van der Waals surface area contributed by atoms with Gasteiger partial charge in [0, 0.05) is 16.7 Å². The molecule has 0 bridgehead atoms. The van der Waals surface area contributed by atoms with Crippen LogP contribution in [0.4, 0.5) is 0 Å². The average molecular weight is 736 g/mol. The third-order valence-corrected chi connectivity index (χ3v) is 11.6. The quantitative estimate of drug-likeness (QED) is 0.0685. The van der Waals surface area contributed by atoms with Crippen molar-refractivity contribution in [3.05, 3.63) is 94.9 Å². The molecule has 11 heteroatoms. The lowest BCUT2D eigenvalue weighted by Crippen LogP contribution is -2.62. The van der Waals surface area contributed by atoms with Crippen molar-refractivity contribution < 1.29 is 37.9 Å². The molecule has 0 aliphatic carbocycles. The lowest BCUT2D eigenvalue weighted by atomic mass is 9.78.